The van der Waals surface area contributed by atoms with E-state index in [2.05, 4.69) is 33.3 Å². The van der Waals surface area contributed by atoms with Gasteiger partial charge in [-0.3, -0.25) is 4.79 Å². The van der Waals surface area contributed by atoms with Crippen LogP contribution in [0.15, 0.2) is 35.4 Å². The zero-order chi connectivity index (χ0) is 15.4. The van der Waals surface area contributed by atoms with Crippen molar-refractivity contribution >= 4 is 38.6 Å². The van der Waals surface area contributed by atoms with Crippen molar-refractivity contribution in [2.75, 3.05) is 0 Å². The lowest BCUT2D eigenvalue weighted by Gasteiger charge is -2.01. The Balaban J connectivity index is 2.19. The van der Waals surface area contributed by atoms with Gasteiger partial charge in [-0.2, -0.15) is 0 Å². The van der Waals surface area contributed by atoms with Gasteiger partial charge >= 0.3 is 5.91 Å². The van der Waals surface area contributed by atoms with E-state index in [9.17, 15) is 4.79 Å². The fourth-order valence-electron chi connectivity index (χ4n) is 3.36. The van der Waals surface area contributed by atoms with E-state index in [-0.39, 0.29) is 0 Å². The van der Waals surface area contributed by atoms with Crippen molar-refractivity contribution in [1.82, 2.24) is 9.97 Å². The molecule has 0 radical (unpaired) electrons. The van der Waals surface area contributed by atoms with Crippen LogP contribution in [0.3, 0.4) is 0 Å². The number of carbonyl (C=O) groups is 1. The van der Waals surface area contributed by atoms with Crippen molar-refractivity contribution < 1.29 is 4.79 Å². The highest BCUT2D eigenvalue weighted by molar-refractivity contribution is 6.15. The molecule has 108 valence electrons. The second-order valence-corrected chi connectivity index (χ2v) is 5.56. The maximum Gasteiger partial charge on any atom is 0.311 e. The summed E-state index contributed by atoms with van der Waals surface area (Å²) in [5, 5.41) is 6.33. The van der Waals surface area contributed by atoms with Gasteiger partial charge in [-0.15, -0.1) is 5.11 Å². The van der Waals surface area contributed by atoms with E-state index < -0.39 is 5.91 Å². The molecule has 2 heterocycles. The number of amides is 1. The molecule has 0 saturated carbocycles. The molecule has 4 rings (SSSR count). The number of aromatic amines is 2. The summed E-state index contributed by atoms with van der Waals surface area (Å²) >= 11 is 0. The zero-order valence-electron chi connectivity index (χ0n) is 12.2. The number of hydrogen-bond donors (Lipinski definition) is 3. The summed E-state index contributed by atoms with van der Waals surface area (Å²) in [7, 11) is 0. The molecule has 0 aliphatic carbocycles. The first kappa shape index (κ1) is 12.8. The predicted octanol–water partition coefficient (Wildman–Crippen LogP) is 4.59. The number of aryl methyl sites for hydroxylation is 2. The summed E-state index contributed by atoms with van der Waals surface area (Å²) in [6.07, 6.45) is 0. The zero-order valence-corrected chi connectivity index (χ0v) is 12.2. The van der Waals surface area contributed by atoms with Crippen LogP contribution >= 0.6 is 0 Å². The van der Waals surface area contributed by atoms with Crippen LogP contribution in [0.5, 0.6) is 0 Å². The number of benzene rings is 2. The van der Waals surface area contributed by atoms with Crippen LogP contribution in [0, 0.1) is 19.4 Å². The molecule has 0 fully saturated rings. The SMILES string of the molecule is Cc1c(C(=O)N=N)[nH]c2cc3c([nH]c4ccccc43)c(C)c12. The molecule has 4 aromatic rings. The number of para-hydroxylation sites is 1. The van der Waals surface area contributed by atoms with Gasteiger partial charge in [-0.25, -0.2) is 5.53 Å². The number of H-pyrrole nitrogens is 2. The number of hydrogen-bond acceptors (Lipinski definition) is 2. The molecule has 3 N–H and O–H groups in total. The maximum absolute atomic E-state index is 11.8. The van der Waals surface area contributed by atoms with Crippen molar-refractivity contribution in [2.45, 2.75) is 13.8 Å². The highest BCUT2D eigenvalue weighted by atomic mass is 16.1. The molecule has 0 bridgehead atoms. The minimum absolute atomic E-state index is 0.394. The standard InChI is InChI=1S/C17H14N4O/c1-8-14-9(2)16(17(22)21-18)20-13(14)7-11-10-5-3-4-6-12(10)19-15(8)11/h3-7,18-20H,1-2H3. The number of aromatic nitrogens is 2. The van der Waals surface area contributed by atoms with Crippen LogP contribution in [-0.4, -0.2) is 15.9 Å². The van der Waals surface area contributed by atoms with E-state index in [1.165, 1.54) is 0 Å². The van der Waals surface area contributed by atoms with Crippen LogP contribution in [0.2, 0.25) is 0 Å². The summed E-state index contributed by atoms with van der Waals surface area (Å²) in [5.74, 6) is -0.540. The number of nitrogens with zero attached hydrogens (tertiary/aromatic N) is 1. The Kier molecular flexibility index (Phi) is 2.48. The van der Waals surface area contributed by atoms with Crippen molar-refractivity contribution in [1.29, 1.82) is 5.53 Å². The summed E-state index contributed by atoms with van der Waals surface area (Å²) in [6, 6.07) is 10.2. The molecular weight excluding hydrogens is 276 g/mol. The summed E-state index contributed by atoms with van der Waals surface area (Å²) in [4.78, 5) is 18.3. The van der Waals surface area contributed by atoms with Gasteiger partial charge in [0.05, 0.1) is 5.52 Å². The molecular formula is C17H14N4O. The number of nitrogens with one attached hydrogen (secondary N) is 3. The van der Waals surface area contributed by atoms with Crippen molar-refractivity contribution in [3.63, 3.8) is 0 Å². The van der Waals surface area contributed by atoms with Crippen molar-refractivity contribution in [3.05, 3.63) is 47.2 Å². The predicted molar refractivity (Wildman–Crippen MR) is 86.6 cm³/mol. The van der Waals surface area contributed by atoms with E-state index in [0.717, 1.165) is 43.8 Å². The van der Waals surface area contributed by atoms with Gasteiger partial charge in [0.15, 0.2) is 0 Å². The molecule has 22 heavy (non-hydrogen) atoms. The first-order chi connectivity index (χ1) is 10.6. The lowest BCUT2D eigenvalue weighted by molar-refractivity contribution is 0.0986. The van der Waals surface area contributed by atoms with Gasteiger partial charge in [0.2, 0.25) is 0 Å². The molecule has 2 aromatic heterocycles. The van der Waals surface area contributed by atoms with Gasteiger partial charge in [0, 0.05) is 27.2 Å². The molecule has 1 amide bonds. The van der Waals surface area contributed by atoms with Gasteiger partial charge in [-0.05, 0) is 37.1 Å². The minimum Gasteiger partial charge on any atom is -0.354 e. The quantitative estimate of drug-likeness (QED) is 0.440. The highest BCUT2D eigenvalue weighted by Crippen LogP contribution is 2.35. The third-order valence-electron chi connectivity index (χ3n) is 4.38. The minimum atomic E-state index is -0.540. The van der Waals surface area contributed by atoms with Crippen LogP contribution in [0.4, 0.5) is 0 Å². The van der Waals surface area contributed by atoms with Gasteiger partial charge < -0.3 is 9.97 Å². The molecule has 5 heteroatoms. The maximum atomic E-state index is 11.8. The van der Waals surface area contributed by atoms with Crippen LogP contribution in [-0.2, 0) is 0 Å². The van der Waals surface area contributed by atoms with E-state index >= 15 is 0 Å². The van der Waals surface area contributed by atoms with Crippen LogP contribution < -0.4 is 0 Å². The Bertz CT molecular complexity index is 1080. The number of carbonyl (C=O) groups excluding carboxylic acids is 1. The van der Waals surface area contributed by atoms with Gasteiger partial charge in [0.1, 0.15) is 5.69 Å². The molecule has 0 saturated heterocycles. The van der Waals surface area contributed by atoms with E-state index in [0.29, 0.717) is 5.69 Å². The Morgan fingerprint density at radius 1 is 1.05 bits per heavy atom. The summed E-state index contributed by atoms with van der Waals surface area (Å²) in [6.45, 7) is 3.94. The third kappa shape index (κ3) is 1.50. The summed E-state index contributed by atoms with van der Waals surface area (Å²) in [5.41, 5.74) is 12.4. The Hall–Kier alpha value is -2.95. The molecule has 2 aromatic carbocycles. The molecule has 0 aliphatic heterocycles. The van der Waals surface area contributed by atoms with E-state index in [1.54, 1.807) is 0 Å². The lowest BCUT2D eigenvalue weighted by atomic mass is 10.0. The van der Waals surface area contributed by atoms with Crippen LogP contribution in [0.1, 0.15) is 21.6 Å². The molecule has 0 unspecified atom stereocenters. The van der Waals surface area contributed by atoms with Crippen molar-refractivity contribution in [2.24, 2.45) is 5.11 Å². The molecule has 0 aliphatic rings. The largest absolute Gasteiger partial charge is 0.354 e. The third-order valence-corrected chi connectivity index (χ3v) is 4.38. The second-order valence-electron chi connectivity index (χ2n) is 5.56. The first-order valence-electron chi connectivity index (χ1n) is 7.06. The average molecular weight is 290 g/mol. The molecule has 0 atom stereocenters. The fourth-order valence-corrected chi connectivity index (χ4v) is 3.36. The van der Waals surface area contributed by atoms with Crippen molar-refractivity contribution in [3.8, 4) is 0 Å². The lowest BCUT2D eigenvalue weighted by Crippen LogP contribution is -1.95. The molecule has 0 spiro atoms. The Morgan fingerprint density at radius 3 is 2.59 bits per heavy atom. The number of rotatable bonds is 1. The highest BCUT2D eigenvalue weighted by Gasteiger charge is 2.18. The Morgan fingerprint density at radius 2 is 1.82 bits per heavy atom. The molecule has 5 nitrogen and oxygen atoms in total. The Labute approximate surface area is 125 Å². The number of fused-ring (bicyclic) bond motifs is 4. The van der Waals surface area contributed by atoms with Gasteiger partial charge in [-0.1, -0.05) is 18.2 Å². The first-order valence-corrected chi connectivity index (χ1v) is 7.06. The topological polar surface area (TPSA) is 84.9 Å². The fraction of sp³-hybridized carbons (Fsp3) is 0.118. The van der Waals surface area contributed by atoms with Crippen LogP contribution in [0.25, 0.3) is 32.7 Å². The average Bonchev–Trinajstić information content (AvgIpc) is 3.06. The van der Waals surface area contributed by atoms with E-state index in [4.69, 9.17) is 5.53 Å². The monoisotopic (exact) mass is 290 g/mol. The van der Waals surface area contributed by atoms with Gasteiger partial charge in [0.25, 0.3) is 0 Å². The summed E-state index contributed by atoms with van der Waals surface area (Å²) < 4.78 is 0. The smallest absolute Gasteiger partial charge is 0.311 e. The second kappa shape index (κ2) is 4.27. The normalized spacial score (nSPS) is 11.5. The van der Waals surface area contributed by atoms with E-state index in [1.807, 2.05) is 26.0 Å².